The zero-order valence-corrected chi connectivity index (χ0v) is 21.5. The summed E-state index contributed by atoms with van der Waals surface area (Å²) in [6.07, 6.45) is 6.38. The van der Waals surface area contributed by atoms with Crippen LogP contribution in [0.25, 0.3) is 11.3 Å². The normalized spacial score (nSPS) is 13.4. The third-order valence-corrected chi connectivity index (χ3v) is 6.07. The Morgan fingerprint density at radius 1 is 1.14 bits per heavy atom. The quantitative estimate of drug-likeness (QED) is 0.215. The molecule has 0 aliphatic carbocycles. The molecule has 1 heterocycles. The number of hydrogen-bond acceptors (Lipinski definition) is 6. The van der Waals surface area contributed by atoms with E-state index >= 15 is 0 Å². The summed E-state index contributed by atoms with van der Waals surface area (Å²) in [5.41, 5.74) is 4.34. The monoisotopic (exact) mass is 492 g/mol. The fourth-order valence-corrected chi connectivity index (χ4v) is 4.24. The number of aromatic hydroxyl groups is 1. The van der Waals surface area contributed by atoms with Gasteiger partial charge in [-0.25, -0.2) is 0 Å². The number of aliphatic imine (C=N–C) groups is 1. The molecule has 0 amide bonds. The van der Waals surface area contributed by atoms with Crippen molar-refractivity contribution in [1.82, 2.24) is 0 Å². The number of halogens is 1. The highest BCUT2D eigenvalue weighted by Crippen LogP contribution is 2.37. The molecule has 2 aromatic rings. The third-order valence-electron chi connectivity index (χ3n) is 6.07. The van der Waals surface area contributed by atoms with Crippen LogP contribution in [-0.4, -0.2) is 37.7 Å². The predicted octanol–water partition coefficient (Wildman–Crippen LogP) is 6.86. The van der Waals surface area contributed by atoms with E-state index in [9.17, 15) is 9.50 Å². The van der Waals surface area contributed by atoms with E-state index in [0.29, 0.717) is 40.6 Å². The predicted molar refractivity (Wildman–Crippen MR) is 143 cm³/mol. The first-order chi connectivity index (χ1) is 17.2. The Hall–Kier alpha value is -3.87. The number of hydrogen-bond donors (Lipinski definition) is 2. The number of phenols is 1. The molecule has 0 unspecified atom stereocenters. The lowest BCUT2D eigenvalue weighted by atomic mass is 9.90. The van der Waals surface area contributed by atoms with Crippen molar-refractivity contribution in [2.45, 2.75) is 40.0 Å². The maximum Gasteiger partial charge on any atom is 0.216 e. The molecular weight excluding hydrogens is 459 g/mol. The molecule has 0 spiro atoms. The second kappa shape index (κ2) is 11.7. The van der Waals surface area contributed by atoms with Crippen molar-refractivity contribution in [2.24, 2.45) is 4.99 Å². The number of rotatable bonds is 10. The highest BCUT2D eigenvalue weighted by molar-refractivity contribution is 5.96. The topological polar surface area (TPSA) is 84.1 Å². The summed E-state index contributed by atoms with van der Waals surface area (Å²) < 4.78 is 30.5. The van der Waals surface area contributed by atoms with E-state index in [1.807, 2.05) is 45.0 Å². The molecule has 190 valence electrons. The molecule has 0 aromatic heterocycles. The summed E-state index contributed by atoms with van der Waals surface area (Å²) >= 11 is 0. The summed E-state index contributed by atoms with van der Waals surface area (Å²) in [5.74, 6) is 1.28. The molecule has 36 heavy (non-hydrogen) atoms. The first-order valence-electron chi connectivity index (χ1n) is 11.7. The van der Waals surface area contributed by atoms with Crippen LogP contribution in [0.4, 0.5) is 4.39 Å². The Labute approximate surface area is 211 Å². The van der Waals surface area contributed by atoms with Crippen LogP contribution < -0.4 is 4.74 Å². The van der Waals surface area contributed by atoms with Gasteiger partial charge in [-0.3, -0.25) is 10.4 Å². The summed E-state index contributed by atoms with van der Waals surface area (Å²) in [6, 6.07) is 7.23. The van der Waals surface area contributed by atoms with Gasteiger partial charge in [0.15, 0.2) is 5.90 Å². The van der Waals surface area contributed by atoms with E-state index in [-0.39, 0.29) is 11.3 Å². The van der Waals surface area contributed by atoms with Gasteiger partial charge in [0, 0.05) is 13.3 Å². The smallest absolute Gasteiger partial charge is 0.216 e. The van der Waals surface area contributed by atoms with Crippen molar-refractivity contribution < 1.29 is 23.7 Å². The average molecular weight is 493 g/mol. The van der Waals surface area contributed by atoms with Crippen LogP contribution in [0.5, 0.6) is 11.5 Å². The Morgan fingerprint density at radius 3 is 2.42 bits per heavy atom. The number of allylic oxidation sites excluding steroid dienone is 2. The second-order valence-corrected chi connectivity index (χ2v) is 8.65. The molecule has 3 rings (SSSR count). The van der Waals surface area contributed by atoms with E-state index in [0.717, 1.165) is 41.7 Å². The molecule has 0 bridgehead atoms. The Kier molecular flexibility index (Phi) is 8.69. The van der Waals surface area contributed by atoms with Crippen molar-refractivity contribution in [3.05, 3.63) is 82.1 Å². The van der Waals surface area contributed by atoms with Crippen molar-refractivity contribution in [3.63, 3.8) is 0 Å². The molecule has 2 aromatic carbocycles. The SMILES string of the molecule is C=C(OC)c1cc(/C(=C/CCCC2=CCN=C(C)O2)c2cc(C)c(OC)c(C(=N)F)c2)cc(C)c1O. The fourth-order valence-electron chi connectivity index (χ4n) is 4.24. The minimum Gasteiger partial charge on any atom is -0.507 e. The van der Waals surface area contributed by atoms with Crippen molar-refractivity contribution in [3.8, 4) is 11.5 Å². The molecule has 0 fully saturated rings. The van der Waals surface area contributed by atoms with Gasteiger partial charge in [0.25, 0.3) is 0 Å². The number of aryl methyl sites for hydroxylation is 2. The zero-order valence-electron chi connectivity index (χ0n) is 21.5. The number of phenolic OH excluding ortho intramolecular Hbond substituents is 1. The molecule has 1 aliphatic rings. The summed E-state index contributed by atoms with van der Waals surface area (Å²) in [7, 11) is 2.96. The van der Waals surface area contributed by atoms with Gasteiger partial charge in [-0.05, 0) is 84.9 Å². The van der Waals surface area contributed by atoms with E-state index in [4.69, 9.17) is 19.6 Å². The summed E-state index contributed by atoms with van der Waals surface area (Å²) in [5, 5.41) is 18.2. The lowest BCUT2D eigenvalue weighted by Crippen LogP contribution is -2.06. The van der Waals surface area contributed by atoms with E-state index in [2.05, 4.69) is 17.6 Å². The molecular formula is C29H33FN2O4. The van der Waals surface area contributed by atoms with Gasteiger partial charge in [-0.1, -0.05) is 12.7 Å². The lowest BCUT2D eigenvalue weighted by molar-refractivity contribution is 0.367. The van der Waals surface area contributed by atoms with Gasteiger partial charge < -0.3 is 19.3 Å². The molecule has 6 nitrogen and oxygen atoms in total. The summed E-state index contributed by atoms with van der Waals surface area (Å²) in [6.45, 7) is 10.0. The number of nitrogens with zero attached hydrogens (tertiary/aromatic N) is 1. The second-order valence-electron chi connectivity index (χ2n) is 8.65. The highest BCUT2D eigenvalue weighted by atomic mass is 19.1. The van der Waals surface area contributed by atoms with Crippen molar-refractivity contribution in [1.29, 1.82) is 5.41 Å². The van der Waals surface area contributed by atoms with Crippen LogP contribution in [0.3, 0.4) is 0 Å². The Morgan fingerprint density at radius 2 is 1.81 bits per heavy atom. The number of unbranched alkanes of at least 4 members (excludes halogenated alkanes) is 1. The minimum absolute atomic E-state index is 0.0888. The van der Waals surface area contributed by atoms with Crippen LogP contribution in [0, 0.1) is 19.3 Å². The molecule has 0 atom stereocenters. The minimum atomic E-state index is -1.06. The van der Waals surface area contributed by atoms with Crippen LogP contribution in [0.1, 0.15) is 59.6 Å². The lowest BCUT2D eigenvalue weighted by Gasteiger charge is -2.18. The first kappa shape index (κ1) is 26.7. The summed E-state index contributed by atoms with van der Waals surface area (Å²) in [4.78, 5) is 4.22. The highest BCUT2D eigenvalue weighted by Gasteiger charge is 2.18. The maximum absolute atomic E-state index is 14.2. The van der Waals surface area contributed by atoms with Crippen molar-refractivity contribution in [2.75, 3.05) is 20.8 Å². The van der Waals surface area contributed by atoms with Crippen molar-refractivity contribution >= 4 is 23.2 Å². The van der Waals surface area contributed by atoms with E-state index in [1.54, 1.807) is 6.07 Å². The van der Waals surface area contributed by atoms with E-state index < -0.39 is 5.97 Å². The van der Waals surface area contributed by atoms with Crippen LogP contribution in [-0.2, 0) is 9.47 Å². The fraction of sp³-hybridized carbons (Fsp3) is 0.310. The Balaban J connectivity index is 2.06. The first-order valence-corrected chi connectivity index (χ1v) is 11.7. The molecule has 0 saturated heterocycles. The molecule has 7 heteroatoms. The molecule has 0 radical (unpaired) electrons. The standard InChI is InChI=1S/C29H33FN2O4/c1-17-13-21(15-25(27(17)33)19(3)34-5)24(10-8-7-9-23-11-12-32-20(4)36-23)22-14-18(2)28(35-6)26(16-22)29(30)31/h10-11,13-16,31,33H,3,7-9,12H2,1-2,4-6H3/b24-10-,31-29?. The number of ether oxygens (including phenoxy) is 3. The van der Waals surface area contributed by atoms with Gasteiger partial charge >= 0.3 is 0 Å². The molecule has 2 N–H and O–H groups in total. The van der Waals surface area contributed by atoms with Gasteiger partial charge in [0.1, 0.15) is 23.0 Å². The molecule has 0 saturated carbocycles. The third kappa shape index (κ3) is 6.03. The average Bonchev–Trinajstić information content (AvgIpc) is 2.84. The van der Waals surface area contributed by atoms with Gasteiger partial charge in [0.2, 0.25) is 5.97 Å². The van der Waals surface area contributed by atoms with Gasteiger partial charge in [-0.15, -0.1) is 0 Å². The maximum atomic E-state index is 14.2. The molecule has 1 aliphatic heterocycles. The Bertz CT molecular complexity index is 1270. The zero-order chi connectivity index (χ0) is 26.4. The van der Waals surface area contributed by atoms with Crippen LogP contribution in [0.2, 0.25) is 0 Å². The van der Waals surface area contributed by atoms with Crippen LogP contribution in [0.15, 0.2) is 53.7 Å². The number of methoxy groups -OCH3 is 2. The van der Waals surface area contributed by atoms with E-state index in [1.165, 1.54) is 14.2 Å². The van der Waals surface area contributed by atoms with Gasteiger partial charge in [-0.2, -0.15) is 4.39 Å². The largest absolute Gasteiger partial charge is 0.507 e. The number of nitrogens with one attached hydrogen (secondary N) is 1. The number of benzene rings is 2. The van der Waals surface area contributed by atoms with Crippen LogP contribution >= 0.6 is 0 Å². The van der Waals surface area contributed by atoms with Gasteiger partial charge in [0.05, 0.1) is 31.9 Å².